The minimum atomic E-state index is -4.76. The second kappa shape index (κ2) is 11.7. The van der Waals surface area contributed by atoms with Gasteiger partial charge in [-0.15, -0.1) is 13.2 Å². The van der Waals surface area contributed by atoms with Gasteiger partial charge in [0, 0.05) is 37.7 Å². The van der Waals surface area contributed by atoms with Gasteiger partial charge in [0.15, 0.2) is 0 Å². The molecule has 2 fully saturated rings. The highest BCUT2D eigenvalue weighted by molar-refractivity contribution is 6.30. The summed E-state index contributed by atoms with van der Waals surface area (Å²) in [5.74, 6) is 0.267. The number of carbonyl (C=O) groups excluding carboxylic acids is 1. The van der Waals surface area contributed by atoms with Gasteiger partial charge in [-0.1, -0.05) is 23.7 Å². The zero-order valence-electron chi connectivity index (χ0n) is 19.6. The summed E-state index contributed by atoms with van der Waals surface area (Å²) < 4.78 is 59.5. The van der Waals surface area contributed by atoms with Crippen LogP contribution >= 0.6 is 11.6 Å². The lowest BCUT2D eigenvalue weighted by Gasteiger charge is -2.43. The molecule has 11 heteroatoms. The zero-order chi connectivity index (χ0) is 25.6. The van der Waals surface area contributed by atoms with Gasteiger partial charge in [-0.2, -0.15) is 0 Å². The lowest BCUT2D eigenvalue weighted by molar-refractivity contribution is -0.274. The van der Waals surface area contributed by atoms with Crippen molar-refractivity contribution in [2.75, 3.05) is 52.6 Å². The van der Waals surface area contributed by atoms with Gasteiger partial charge in [0.05, 0.1) is 26.2 Å². The Morgan fingerprint density at radius 2 is 1.78 bits per heavy atom. The highest BCUT2D eigenvalue weighted by Gasteiger charge is 2.41. The van der Waals surface area contributed by atoms with Crippen LogP contribution in [0.15, 0.2) is 48.5 Å². The maximum absolute atomic E-state index is 13.1. The number of benzene rings is 2. The topological polar surface area (TPSA) is 60.5 Å². The minimum absolute atomic E-state index is 0.0552. The molecule has 196 valence electrons. The third kappa shape index (κ3) is 7.73. The third-order valence-corrected chi connectivity index (χ3v) is 6.27. The quantitative estimate of drug-likeness (QED) is 0.513. The molecule has 2 aromatic rings. The maximum Gasteiger partial charge on any atom is 0.573 e. The molecule has 2 saturated heterocycles. The van der Waals surface area contributed by atoms with E-state index in [1.807, 2.05) is 4.90 Å². The summed E-state index contributed by atoms with van der Waals surface area (Å²) in [6.07, 6.45) is -4.65. The number of ether oxygens (including phenoxy) is 4. The van der Waals surface area contributed by atoms with Crippen LogP contribution in [0.5, 0.6) is 11.5 Å². The molecule has 1 atom stereocenters. The average molecular weight is 529 g/mol. The summed E-state index contributed by atoms with van der Waals surface area (Å²) in [6.45, 7) is 3.77. The fourth-order valence-electron chi connectivity index (χ4n) is 4.35. The lowest BCUT2D eigenvalue weighted by Crippen LogP contribution is -2.57. The molecule has 2 heterocycles. The highest BCUT2D eigenvalue weighted by Crippen LogP contribution is 2.28. The standard InChI is InChI=1S/C25H28ClF3N2O5/c26-20-4-6-21(7-5-20)34-18-24(15-23(32)31-9-11-33-12-10-31)17-30(8-13-35-24)16-19-2-1-3-22(14-19)36-25(27,28)29/h1-7,14H,8-13,15-18H2/t24-/m1/s1. The van der Waals surface area contributed by atoms with Gasteiger partial charge in [-0.05, 0) is 42.0 Å². The number of halogens is 4. The number of nitrogens with zero attached hydrogens (tertiary/aromatic N) is 2. The zero-order valence-corrected chi connectivity index (χ0v) is 20.4. The average Bonchev–Trinajstić information content (AvgIpc) is 2.84. The van der Waals surface area contributed by atoms with Crippen molar-refractivity contribution in [1.29, 1.82) is 0 Å². The van der Waals surface area contributed by atoms with Gasteiger partial charge >= 0.3 is 6.36 Å². The van der Waals surface area contributed by atoms with Crippen LogP contribution in [0.4, 0.5) is 13.2 Å². The van der Waals surface area contributed by atoms with Gasteiger partial charge in [0.25, 0.3) is 0 Å². The molecule has 2 aromatic carbocycles. The number of alkyl halides is 3. The molecule has 0 unspecified atom stereocenters. The van der Waals surface area contributed by atoms with Crippen LogP contribution < -0.4 is 9.47 Å². The van der Waals surface area contributed by atoms with Crippen molar-refractivity contribution in [3.8, 4) is 11.5 Å². The van der Waals surface area contributed by atoms with E-state index in [0.29, 0.717) is 68.9 Å². The highest BCUT2D eigenvalue weighted by atomic mass is 35.5. The molecule has 0 aliphatic carbocycles. The van der Waals surface area contributed by atoms with Gasteiger partial charge < -0.3 is 23.8 Å². The first kappa shape index (κ1) is 26.5. The molecule has 0 bridgehead atoms. The van der Waals surface area contributed by atoms with Crippen molar-refractivity contribution >= 4 is 17.5 Å². The number of hydrogen-bond donors (Lipinski definition) is 0. The Hall–Kier alpha value is -2.53. The monoisotopic (exact) mass is 528 g/mol. The predicted molar refractivity (Wildman–Crippen MR) is 126 cm³/mol. The van der Waals surface area contributed by atoms with E-state index < -0.39 is 12.0 Å². The number of rotatable bonds is 8. The Bertz CT molecular complexity index is 1020. The van der Waals surface area contributed by atoms with Crippen LogP contribution in [0.2, 0.25) is 5.02 Å². The lowest BCUT2D eigenvalue weighted by atomic mass is 9.96. The van der Waals surface area contributed by atoms with E-state index in [1.165, 1.54) is 18.2 Å². The molecular weight excluding hydrogens is 501 g/mol. The first-order chi connectivity index (χ1) is 17.2. The molecule has 2 aliphatic rings. The summed E-state index contributed by atoms with van der Waals surface area (Å²) in [5.41, 5.74) is -0.279. The van der Waals surface area contributed by atoms with Crippen molar-refractivity contribution in [2.24, 2.45) is 0 Å². The molecule has 2 aliphatic heterocycles. The molecule has 36 heavy (non-hydrogen) atoms. The molecule has 0 radical (unpaired) electrons. The molecule has 1 amide bonds. The van der Waals surface area contributed by atoms with Gasteiger partial charge in [-0.25, -0.2) is 0 Å². The molecule has 7 nitrogen and oxygen atoms in total. The van der Waals surface area contributed by atoms with Crippen LogP contribution in [-0.2, 0) is 20.8 Å². The second-order valence-electron chi connectivity index (χ2n) is 8.85. The van der Waals surface area contributed by atoms with E-state index in [9.17, 15) is 18.0 Å². The smallest absolute Gasteiger partial charge is 0.491 e. The van der Waals surface area contributed by atoms with Crippen LogP contribution in [0.3, 0.4) is 0 Å². The van der Waals surface area contributed by atoms with Crippen LogP contribution in [0.25, 0.3) is 0 Å². The Balaban J connectivity index is 1.48. The molecule has 4 rings (SSSR count). The third-order valence-electron chi connectivity index (χ3n) is 6.02. The van der Waals surface area contributed by atoms with Crippen LogP contribution in [0.1, 0.15) is 12.0 Å². The Kier molecular flexibility index (Phi) is 8.61. The number of hydrogen-bond acceptors (Lipinski definition) is 6. The fourth-order valence-corrected chi connectivity index (χ4v) is 4.47. The van der Waals surface area contributed by atoms with Gasteiger partial charge in [0.2, 0.25) is 5.91 Å². The van der Waals surface area contributed by atoms with E-state index in [2.05, 4.69) is 4.74 Å². The van der Waals surface area contributed by atoms with Crippen LogP contribution in [-0.4, -0.2) is 80.3 Å². The first-order valence-electron chi connectivity index (χ1n) is 11.6. The molecule has 0 saturated carbocycles. The fraction of sp³-hybridized carbons (Fsp3) is 0.480. The second-order valence-corrected chi connectivity index (χ2v) is 9.29. The summed E-state index contributed by atoms with van der Waals surface area (Å²) in [6, 6.07) is 12.8. The summed E-state index contributed by atoms with van der Waals surface area (Å²) in [7, 11) is 0. The Labute approximate surface area is 212 Å². The maximum atomic E-state index is 13.1. The molecular formula is C25H28ClF3N2O5. The predicted octanol–water partition coefficient (Wildman–Crippen LogP) is 4.14. The van der Waals surface area contributed by atoms with Crippen molar-refractivity contribution in [3.63, 3.8) is 0 Å². The van der Waals surface area contributed by atoms with Crippen molar-refractivity contribution < 1.29 is 36.9 Å². The van der Waals surface area contributed by atoms with Crippen molar-refractivity contribution in [3.05, 3.63) is 59.1 Å². The largest absolute Gasteiger partial charge is 0.573 e. The Morgan fingerprint density at radius 1 is 1.03 bits per heavy atom. The molecule has 0 aromatic heterocycles. The minimum Gasteiger partial charge on any atom is -0.491 e. The number of morpholine rings is 2. The van der Waals surface area contributed by atoms with Crippen LogP contribution in [0, 0.1) is 0 Å². The molecule has 0 N–H and O–H groups in total. The molecule has 0 spiro atoms. The number of carbonyl (C=O) groups is 1. The SMILES string of the molecule is O=C(C[C@]1(COc2ccc(Cl)cc2)CN(Cc2cccc(OC(F)(F)F)c2)CCO1)N1CCOCC1. The summed E-state index contributed by atoms with van der Waals surface area (Å²) in [5, 5.41) is 0.580. The van der Waals surface area contributed by atoms with Crippen molar-refractivity contribution in [2.45, 2.75) is 24.9 Å². The number of amides is 1. The van der Waals surface area contributed by atoms with E-state index >= 15 is 0 Å². The van der Waals surface area contributed by atoms with E-state index in [-0.39, 0.29) is 24.7 Å². The van der Waals surface area contributed by atoms with Crippen molar-refractivity contribution in [1.82, 2.24) is 9.80 Å². The first-order valence-corrected chi connectivity index (χ1v) is 12.0. The van der Waals surface area contributed by atoms with E-state index in [1.54, 1.807) is 35.2 Å². The normalized spacial score (nSPS) is 21.3. The van der Waals surface area contributed by atoms with E-state index in [0.717, 1.165) is 0 Å². The summed E-state index contributed by atoms with van der Waals surface area (Å²) in [4.78, 5) is 17.0. The Morgan fingerprint density at radius 3 is 2.50 bits per heavy atom. The van der Waals surface area contributed by atoms with Gasteiger partial charge in [0.1, 0.15) is 23.7 Å². The van der Waals surface area contributed by atoms with E-state index in [4.69, 9.17) is 25.8 Å². The summed E-state index contributed by atoms with van der Waals surface area (Å²) >= 11 is 5.97. The van der Waals surface area contributed by atoms with Gasteiger partial charge in [-0.3, -0.25) is 9.69 Å².